The van der Waals surface area contributed by atoms with Crippen molar-refractivity contribution in [3.05, 3.63) is 29.3 Å². The van der Waals surface area contributed by atoms with Gasteiger partial charge in [0.1, 0.15) is 23.2 Å². The van der Waals surface area contributed by atoms with Crippen molar-refractivity contribution in [1.82, 2.24) is 5.32 Å². The molecule has 0 aliphatic carbocycles. The van der Waals surface area contributed by atoms with Gasteiger partial charge in [-0.2, -0.15) is 0 Å². The van der Waals surface area contributed by atoms with Crippen LogP contribution in [-0.4, -0.2) is 24.6 Å². The number of amides is 1. The molecule has 0 heterocycles. The monoisotopic (exact) mass is 307 g/mol. The van der Waals surface area contributed by atoms with Crippen LogP contribution < -0.4 is 10.1 Å². The Bertz CT molecular complexity index is 548. The lowest BCUT2D eigenvalue weighted by Crippen LogP contribution is -2.47. The molecule has 1 amide bonds. The summed E-state index contributed by atoms with van der Waals surface area (Å²) in [6.07, 6.45) is 0.0787. The number of ether oxygens (including phenoxy) is 2. The zero-order valence-corrected chi connectivity index (χ0v) is 14.1. The lowest BCUT2D eigenvalue weighted by atomic mass is 9.90. The molecule has 1 rings (SSSR count). The minimum atomic E-state index is -1.16. The summed E-state index contributed by atoms with van der Waals surface area (Å²) in [7, 11) is 0. The molecule has 0 saturated carbocycles. The van der Waals surface area contributed by atoms with Crippen LogP contribution in [0.1, 0.15) is 45.7 Å². The van der Waals surface area contributed by atoms with E-state index in [4.69, 9.17) is 9.47 Å². The van der Waals surface area contributed by atoms with Crippen molar-refractivity contribution >= 4 is 12.4 Å². The van der Waals surface area contributed by atoms with Gasteiger partial charge in [0.2, 0.25) is 0 Å². The van der Waals surface area contributed by atoms with Gasteiger partial charge in [-0.25, -0.2) is 4.79 Å². The van der Waals surface area contributed by atoms with Crippen molar-refractivity contribution in [2.45, 2.75) is 52.7 Å². The predicted molar refractivity (Wildman–Crippen MR) is 85.1 cm³/mol. The van der Waals surface area contributed by atoms with Gasteiger partial charge in [0.05, 0.1) is 6.61 Å². The van der Waals surface area contributed by atoms with Crippen LogP contribution in [0.3, 0.4) is 0 Å². The van der Waals surface area contributed by atoms with Crippen molar-refractivity contribution in [2.75, 3.05) is 6.61 Å². The second-order valence-electron chi connectivity index (χ2n) is 6.36. The van der Waals surface area contributed by atoms with E-state index in [2.05, 4.69) is 5.32 Å². The summed E-state index contributed by atoms with van der Waals surface area (Å²) >= 11 is 0. The Morgan fingerprint density at radius 3 is 2.36 bits per heavy atom. The summed E-state index contributed by atoms with van der Waals surface area (Å²) in [5.74, 6) is 0.731. The van der Waals surface area contributed by atoms with Crippen LogP contribution >= 0.6 is 0 Å². The van der Waals surface area contributed by atoms with Gasteiger partial charge in [-0.1, -0.05) is 6.07 Å². The van der Waals surface area contributed by atoms with Crippen molar-refractivity contribution in [3.63, 3.8) is 0 Å². The predicted octanol–water partition coefficient (Wildman–Crippen LogP) is 3.33. The van der Waals surface area contributed by atoms with Crippen LogP contribution in [0.15, 0.2) is 18.2 Å². The Morgan fingerprint density at radius 2 is 1.91 bits per heavy atom. The van der Waals surface area contributed by atoms with Gasteiger partial charge < -0.3 is 19.6 Å². The molecule has 0 aliphatic rings. The largest absolute Gasteiger partial charge is 0.494 e. The molecule has 5 heteroatoms. The number of aldehydes is 1. The quantitative estimate of drug-likeness (QED) is 0.847. The van der Waals surface area contributed by atoms with E-state index in [1.165, 1.54) is 0 Å². The van der Waals surface area contributed by atoms with Crippen molar-refractivity contribution < 1.29 is 19.1 Å². The second-order valence-corrected chi connectivity index (χ2v) is 6.36. The molecule has 1 aromatic carbocycles. The third-order valence-electron chi connectivity index (χ3n) is 3.06. The molecule has 1 aromatic rings. The fourth-order valence-electron chi connectivity index (χ4n) is 2.15. The zero-order valence-electron chi connectivity index (χ0n) is 14.1. The highest BCUT2D eigenvalue weighted by molar-refractivity contribution is 5.78. The number of hydrogen-bond acceptors (Lipinski definition) is 4. The number of benzene rings is 1. The average Bonchev–Trinajstić information content (AvgIpc) is 2.36. The molecule has 1 unspecified atom stereocenters. The summed E-state index contributed by atoms with van der Waals surface area (Å²) < 4.78 is 10.7. The Labute approximate surface area is 132 Å². The lowest BCUT2D eigenvalue weighted by molar-refractivity contribution is -0.113. The molecule has 1 atom stereocenters. The Hall–Kier alpha value is -2.04. The Morgan fingerprint density at radius 1 is 1.27 bits per heavy atom. The van der Waals surface area contributed by atoms with E-state index in [0.29, 0.717) is 18.5 Å². The number of rotatable bonds is 5. The van der Waals surface area contributed by atoms with Crippen LogP contribution in [0.4, 0.5) is 4.79 Å². The van der Waals surface area contributed by atoms with E-state index in [9.17, 15) is 9.59 Å². The molecule has 0 radical (unpaired) electrons. The number of carbonyl (C=O) groups is 2. The maximum Gasteiger partial charge on any atom is 0.408 e. The van der Waals surface area contributed by atoms with Gasteiger partial charge in [0, 0.05) is 0 Å². The molecule has 0 spiro atoms. The summed E-state index contributed by atoms with van der Waals surface area (Å²) in [4.78, 5) is 23.6. The van der Waals surface area contributed by atoms with Gasteiger partial charge in [0.25, 0.3) is 0 Å². The first kappa shape index (κ1) is 18.0. The maximum atomic E-state index is 12.0. The fraction of sp³-hybridized carbons (Fsp3) is 0.529. The highest BCUT2D eigenvalue weighted by atomic mass is 16.6. The number of aryl methyl sites for hydroxylation is 1. The van der Waals surface area contributed by atoms with Crippen molar-refractivity contribution in [2.24, 2.45) is 0 Å². The minimum absolute atomic E-state index is 0.569. The summed E-state index contributed by atoms with van der Waals surface area (Å²) in [5.41, 5.74) is -0.216. The van der Waals surface area contributed by atoms with Gasteiger partial charge in [-0.3, -0.25) is 0 Å². The Kier molecular flexibility index (Phi) is 5.58. The zero-order chi connectivity index (χ0) is 17.0. The first-order valence-corrected chi connectivity index (χ1v) is 7.32. The lowest BCUT2D eigenvalue weighted by Gasteiger charge is -2.29. The SMILES string of the molecule is CCOc1ccc(C(C)(C=O)NC(=O)OC(C)(C)C)c(C)c1. The molecular weight excluding hydrogens is 282 g/mol. The van der Waals surface area contributed by atoms with Crippen molar-refractivity contribution in [1.29, 1.82) is 0 Å². The number of hydrogen-bond donors (Lipinski definition) is 1. The smallest absolute Gasteiger partial charge is 0.408 e. The van der Waals surface area contributed by atoms with Gasteiger partial charge in [0.15, 0.2) is 0 Å². The van der Waals surface area contributed by atoms with Gasteiger partial charge in [-0.15, -0.1) is 0 Å². The number of nitrogens with one attached hydrogen (secondary N) is 1. The third-order valence-corrected chi connectivity index (χ3v) is 3.06. The van der Waals surface area contributed by atoms with Crippen LogP contribution in [-0.2, 0) is 15.1 Å². The highest BCUT2D eigenvalue weighted by Crippen LogP contribution is 2.26. The van der Waals surface area contributed by atoms with Crippen LogP contribution in [0, 0.1) is 6.92 Å². The average molecular weight is 307 g/mol. The topological polar surface area (TPSA) is 64.6 Å². The standard InChI is InChI=1S/C17H25NO4/c1-7-21-13-8-9-14(12(2)10-13)17(6,11-19)18-15(20)22-16(3,4)5/h8-11H,7H2,1-6H3,(H,18,20). The molecule has 0 aliphatic heterocycles. The molecule has 0 saturated heterocycles. The summed E-state index contributed by atoms with van der Waals surface area (Å²) in [6.45, 7) is 11.3. The second kappa shape index (κ2) is 6.81. The van der Waals surface area contributed by atoms with Crippen LogP contribution in [0.5, 0.6) is 5.75 Å². The molecule has 1 N–H and O–H groups in total. The normalized spacial score (nSPS) is 13.9. The molecule has 0 aromatic heterocycles. The molecule has 122 valence electrons. The van der Waals surface area contributed by atoms with Crippen molar-refractivity contribution in [3.8, 4) is 5.75 Å². The first-order valence-electron chi connectivity index (χ1n) is 7.32. The minimum Gasteiger partial charge on any atom is -0.494 e. The molecular formula is C17H25NO4. The van der Waals surface area contributed by atoms with Crippen LogP contribution in [0.25, 0.3) is 0 Å². The Balaban J connectivity index is 3.03. The van der Waals surface area contributed by atoms with E-state index in [1.807, 2.05) is 19.9 Å². The van der Waals surface area contributed by atoms with Gasteiger partial charge >= 0.3 is 6.09 Å². The first-order chi connectivity index (χ1) is 10.1. The summed E-state index contributed by atoms with van der Waals surface area (Å²) in [6, 6.07) is 5.41. The van der Waals surface area contributed by atoms with Crippen LogP contribution in [0.2, 0.25) is 0 Å². The molecule has 0 bridgehead atoms. The molecule has 0 fully saturated rings. The summed E-state index contributed by atoms with van der Waals surface area (Å²) in [5, 5.41) is 2.64. The van der Waals surface area contributed by atoms with Gasteiger partial charge in [-0.05, 0) is 64.8 Å². The number of carbonyl (C=O) groups excluding carboxylic acids is 2. The highest BCUT2D eigenvalue weighted by Gasteiger charge is 2.31. The van der Waals surface area contributed by atoms with E-state index in [-0.39, 0.29) is 0 Å². The van der Waals surface area contributed by atoms with E-state index in [1.54, 1.807) is 39.8 Å². The fourth-order valence-corrected chi connectivity index (χ4v) is 2.15. The molecule has 22 heavy (non-hydrogen) atoms. The van der Waals surface area contributed by atoms with E-state index < -0.39 is 17.2 Å². The maximum absolute atomic E-state index is 12.0. The third kappa shape index (κ3) is 4.76. The van der Waals surface area contributed by atoms with E-state index in [0.717, 1.165) is 11.3 Å². The number of alkyl carbamates (subject to hydrolysis) is 1. The van der Waals surface area contributed by atoms with E-state index >= 15 is 0 Å². The molecule has 5 nitrogen and oxygen atoms in total.